The number of anilines is 2. The molecule has 8 rings (SSSR count). The number of ketones is 2. The number of hydrogen-bond donors (Lipinski definition) is 2. The number of aromatic nitrogens is 4. The summed E-state index contributed by atoms with van der Waals surface area (Å²) in [6.45, 7) is 4.58. The molecule has 4 aromatic heterocycles. The molecule has 2 aliphatic carbocycles. The number of carbonyl (C=O) groups is 2. The lowest BCUT2D eigenvalue weighted by Gasteiger charge is -2.21. The molecular formula is C39H34Cl2N8O2. The van der Waals surface area contributed by atoms with E-state index in [1.165, 1.54) is 0 Å². The van der Waals surface area contributed by atoms with Crippen LogP contribution in [0.25, 0.3) is 44.1 Å². The highest BCUT2D eigenvalue weighted by molar-refractivity contribution is 6.33. The summed E-state index contributed by atoms with van der Waals surface area (Å²) in [5.74, 6) is 1.01. The minimum absolute atomic E-state index is 0.0648. The van der Waals surface area contributed by atoms with Crippen LogP contribution in [0.2, 0.25) is 10.0 Å². The highest BCUT2D eigenvalue weighted by Gasteiger charge is 2.34. The van der Waals surface area contributed by atoms with Gasteiger partial charge in [0.05, 0.1) is 22.2 Å². The van der Waals surface area contributed by atoms with Gasteiger partial charge in [0.2, 0.25) is 0 Å². The van der Waals surface area contributed by atoms with E-state index in [-0.39, 0.29) is 11.6 Å². The number of nitrogens with zero attached hydrogens (tertiary/aromatic N) is 6. The van der Waals surface area contributed by atoms with Gasteiger partial charge >= 0.3 is 0 Å². The predicted molar refractivity (Wildman–Crippen MR) is 203 cm³/mol. The summed E-state index contributed by atoms with van der Waals surface area (Å²) in [6.07, 6.45) is 7.65. The molecule has 0 bridgehead atoms. The van der Waals surface area contributed by atoms with Gasteiger partial charge in [-0.25, -0.2) is 9.97 Å². The van der Waals surface area contributed by atoms with Gasteiger partial charge < -0.3 is 20.4 Å². The maximum absolute atomic E-state index is 13.5. The molecule has 51 heavy (non-hydrogen) atoms. The normalized spacial score (nSPS) is 12.9. The fourth-order valence-electron chi connectivity index (χ4n) is 7.15. The molecule has 0 radical (unpaired) electrons. The lowest BCUT2D eigenvalue weighted by atomic mass is 10.0. The van der Waals surface area contributed by atoms with Crippen molar-refractivity contribution in [2.45, 2.75) is 6.42 Å². The van der Waals surface area contributed by atoms with Crippen molar-refractivity contribution in [3.63, 3.8) is 0 Å². The highest BCUT2D eigenvalue weighted by Crippen LogP contribution is 2.45. The van der Waals surface area contributed by atoms with Crippen LogP contribution in [0.4, 0.5) is 11.6 Å². The summed E-state index contributed by atoms with van der Waals surface area (Å²) in [7, 11) is 4.19. The van der Waals surface area contributed by atoms with E-state index in [0.717, 1.165) is 76.7 Å². The van der Waals surface area contributed by atoms with Crippen molar-refractivity contribution in [3.8, 4) is 22.3 Å². The van der Waals surface area contributed by atoms with Gasteiger partial charge in [0.1, 0.15) is 11.6 Å². The van der Waals surface area contributed by atoms with Crippen LogP contribution in [0.5, 0.6) is 0 Å². The molecule has 0 atom stereocenters. The third-order valence-corrected chi connectivity index (χ3v) is 10.1. The van der Waals surface area contributed by atoms with E-state index in [0.29, 0.717) is 57.0 Å². The minimum atomic E-state index is -0.0648. The maximum atomic E-state index is 13.5. The number of nitrogens with one attached hydrogen (secondary N) is 2. The second kappa shape index (κ2) is 13.6. The Morgan fingerprint density at radius 3 is 1.49 bits per heavy atom. The zero-order valence-corrected chi connectivity index (χ0v) is 29.6. The molecule has 4 heterocycles. The first-order valence-corrected chi connectivity index (χ1v) is 17.6. The van der Waals surface area contributed by atoms with Crippen molar-refractivity contribution in [1.82, 2.24) is 29.7 Å². The van der Waals surface area contributed by atoms with Crippen LogP contribution in [-0.2, 0) is 0 Å². The Balaban J connectivity index is 0.859. The molecule has 2 aliphatic rings. The van der Waals surface area contributed by atoms with Crippen molar-refractivity contribution < 1.29 is 9.59 Å². The average molecular weight is 718 g/mol. The molecule has 6 aromatic rings. The third-order valence-electron chi connectivity index (χ3n) is 9.67. The topological polar surface area (TPSA) is 116 Å². The van der Waals surface area contributed by atoms with Gasteiger partial charge in [0, 0.05) is 94.0 Å². The minimum Gasteiger partial charge on any atom is -0.368 e. The summed E-state index contributed by atoms with van der Waals surface area (Å²) in [4.78, 5) is 49.5. The van der Waals surface area contributed by atoms with E-state index >= 15 is 0 Å². The first-order chi connectivity index (χ1) is 24.8. The van der Waals surface area contributed by atoms with Crippen LogP contribution in [0, 0.1) is 0 Å². The fourth-order valence-corrected chi connectivity index (χ4v) is 7.49. The Bertz CT molecular complexity index is 2220. The smallest absolute Gasteiger partial charge is 0.199 e. The van der Waals surface area contributed by atoms with Gasteiger partial charge in [0.15, 0.2) is 11.6 Å². The summed E-state index contributed by atoms with van der Waals surface area (Å²) in [6, 6.07) is 15.0. The van der Waals surface area contributed by atoms with Crippen LogP contribution in [0.15, 0.2) is 73.3 Å². The molecular weight excluding hydrogens is 683 g/mol. The number of hydrogen-bond acceptors (Lipinski definition) is 10. The number of likely N-dealkylation sites (N-methyl/N-ethyl adjacent to an activating group) is 2. The van der Waals surface area contributed by atoms with E-state index in [4.69, 9.17) is 33.2 Å². The number of fused-ring (bicyclic) bond motifs is 10. The van der Waals surface area contributed by atoms with Crippen LogP contribution in [-0.4, -0.2) is 94.7 Å². The zero-order chi connectivity index (χ0) is 35.2. The van der Waals surface area contributed by atoms with Gasteiger partial charge in [-0.2, -0.15) is 0 Å². The average Bonchev–Trinajstić information content (AvgIpc) is 3.59. The van der Waals surface area contributed by atoms with Crippen LogP contribution in [0.1, 0.15) is 38.3 Å². The molecule has 2 N–H and O–H groups in total. The Morgan fingerprint density at radius 2 is 1.04 bits per heavy atom. The molecule has 12 heteroatoms. The highest BCUT2D eigenvalue weighted by atomic mass is 35.5. The number of halogens is 2. The first kappa shape index (κ1) is 33.2. The van der Waals surface area contributed by atoms with Crippen LogP contribution < -0.4 is 10.6 Å². The molecule has 0 amide bonds. The summed E-state index contributed by atoms with van der Waals surface area (Å²) in [5.41, 5.74) is 7.35. The molecule has 0 spiro atoms. The molecule has 2 aromatic carbocycles. The standard InChI is InChI=1S/C39H34Cl2N8O2/c1-48(16-12-44-38-34-32(24-8-10-42-20-28(24)36(34)50)26-6-4-22(40)18-30(26)46-38)14-3-15-49(2)17-13-45-39-35-33(25-9-11-43-21-29(25)37(35)51)27-7-5-23(41)19-31(27)47-39/h4-11,18-21H,3,12-17H2,1-2H3,(H,44,46)(H,45,47). The fraction of sp³-hybridized carbons (Fsp3) is 0.231. The Morgan fingerprint density at radius 1 is 0.588 bits per heavy atom. The molecule has 0 unspecified atom stereocenters. The number of benzene rings is 2. The van der Waals surface area contributed by atoms with E-state index in [9.17, 15) is 9.59 Å². The van der Waals surface area contributed by atoms with E-state index in [2.05, 4.69) is 44.5 Å². The van der Waals surface area contributed by atoms with Gasteiger partial charge in [-0.15, -0.1) is 0 Å². The van der Waals surface area contributed by atoms with Gasteiger partial charge in [0.25, 0.3) is 0 Å². The van der Waals surface area contributed by atoms with Crippen molar-refractivity contribution in [2.24, 2.45) is 0 Å². The lowest BCUT2D eigenvalue weighted by Crippen LogP contribution is -2.31. The zero-order valence-electron chi connectivity index (χ0n) is 28.1. The first-order valence-electron chi connectivity index (χ1n) is 16.9. The number of carbonyl (C=O) groups excluding carboxylic acids is 2. The molecule has 0 saturated carbocycles. The molecule has 0 fully saturated rings. The van der Waals surface area contributed by atoms with E-state index in [1.54, 1.807) is 24.8 Å². The molecule has 0 aliphatic heterocycles. The number of pyridine rings is 4. The van der Waals surface area contributed by atoms with Crippen LogP contribution >= 0.6 is 23.2 Å². The second-order valence-corrected chi connectivity index (χ2v) is 13.9. The number of rotatable bonds is 12. The van der Waals surface area contributed by atoms with Crippen molar-refractivity contribution >= 4 is 68.2 Å². The lowest BCUT2D eigenvalue weighted by molar-refractivity contribution is 0.103. The van der Waals surface area contributed by atoms with Crippen LogP contribution in [0.3, 0.4) is 0 Å². The summed E-state index contributed by atoms with van der Waals surface area (Å²) < 4.78 is 0. The van der Waals surface area contributed by atoms with Crippen molar-refractivity contribution in [1.29, 1.82) is 0 Å². The SMILES string of the molecule is CN(CCCN(C)CCNc1nc2cc(Cl)ccc2c2c1C(=O)c1cnccc1-2)CCNc1nc2cc(Cl)ccc2c2c1C(=O)c1cnccc1-2. The van der Waals surface area contributed by atoms with E-state index in [1.807, 2.05) is 48.5 Å². The van der Waals surface area contributed by atoms with Crippen molar-refractivity contribution in [3.05, 3.63) is 106 Å². The summed E-state index contributed by atoms with van der Waals surface area (Å²) >= 11 is 12.6. The monoisotopic (exact) mass is 716 g/mol. The second-order valence-electron chi connectivity index (χ2n) is 13.1. The van der Waals surface area contributed by atoms with Crippen molar-refractivity contribution in [2.75, 3.05) is 64.0 Å². The Labute approximate surface area is 304 Å². The van der Waals surface area contributed by atoms with Gasteiger partial charge in [-0.05, 0) is 81.1 Å². The largest absolute Gasteiger partial charge is 0.368 e. The predicted octanol–water partition coefficient (Wildman–Crippen LogP) is 7.08. The molecule has 0 saturated heterocycles. The van der Waals surface area contributed by atoms with Gasteiger partial charge in [-0.1, -0.05) is 35.3 Å². The molecule has 256 valence electrons. The quantitative estimate of drug-likeness (QED) is 0.136. The van der Waals surface area contributed by atoms with E-state index < -0.39 is 0 Å². The van der Waals surface area contributed by atoms with Gasteiger partial charge in [-0.3, -0.25) is 19.6 Å². The Hall–Kier alpha value is -5.00. The maximum Gasteiger partial charge on any atom is 0.199 e. The third kappa shape index (κ3) is 6.08. The Kier molecular flexibility index (Phi) is 8.85. The summed E-state index contributed by atoms with van der Waals surface area (Å²) in [5, 5.41) is 9.87. The molecule has 10 nitrogen and oxygen atoms in total.